The molecule has 1 aromatic carbocycles. The van der Waals surface area contributed by atoms with Crippen molar-refractivity contribution in [3.05, 3.63) is 30.2 Å². The number of rotatable bonds is 4. The summed E-state index contributed by atoms with van der Waals surface area (Å²) in [6.07, 6.45) is 3.91. The zero-order valence-electron chi connectivity index (χ0n) is 13.8. The lowest BCUT2D eigenvalue weighted by molar-refractivity contribution is -0.133. The fraction of sp³-hybridized carbons (Fsp3) is 0.500. The number of hydrogen-bond acceptors (Lipinski definition) is 5. The van der Waals surface area contributed by atoms with Gasteiger partial charge in [0.05, 0.1) is 7.11 Å². The predicted octanol–water partition coefficient (Wildman–Crippen LogP) is 2.86. The molecule has 1 saturated heterocycles. The van der Waals surface area contributed by atoms with Gasteiger partial charge in [-0.3, -0.25) is 4.79 Å². The first-order valence-corrected chi connectivity index (χ1v) is 8.51. The van der Waals surface area contributed by atoms with Crippen molar-refractivity contribution in [3.63, 3.8) is 0 Å². The van der Waals surface area contributed by atoms with Gasteiger partial charge in [0, 0.05) is 30.5 Å². The normalized spacial score (nSPS) is 18.6. The Morgan fingerprint density at radius 2 is 1.88 bits per heavy atom. The molecule has 126 valence electrons. The van der Waals surface area contributed by atoms with Crippen molar-refractivity contribution in [2.75, 3.05) is 20.2 Å². The van der Waals surface area contributed by atoms with E-state index in [2.05, 4.69) is 10.1 Å². The Balaban J connectivity index is 1.40. The number of carbonyl (C=O) groups is 1. The third-order valence-corrected chi connectivity index (χ3v) is 4.87. The van der Waals surface area contributed by atoms with Crippen LogP contribution < -0.4 is 4.74 Å². The van der Waals surface area contributed by atoms with Gasteiger partial charge in [-0.05, 0) is 49.9 Å². The van der Waals surface area contributed by atoms with E-state index in [0.29, 0.717) is 23.5 Å². The fourth-order valence-corrected chi connectivity index (χ4v) is 3.19. The van der Waals surface area contributed by atoms with Gasteiger partial charge in [0.1, 0.15) is 5.75 Å². The molecule has 0 bridgehead atoms. The highest BCUT2D eigenvalue weighted by Crippen LogP contribution is 2.34. The van der Waals surface area contributed by atoms with Crippen LogP contribution in [0.15, 0.2) is 28.8 Å². The second-order valence-electron chi connectivity index (χ2n) is 6.56. The molecule has 0 radical (unpaired) electrons. The number of carbonyl (C=O) groups excluding carboxylic acids is 1. The lowest BCUT2D eigenvalue weighted by Crippen LogP contribution is -2.38. The first-order chi connectivity index (χ1) is 11.7. The van der Waals surface area contributed by atoms with E-state index in [1.807, 2.05) is 29.2 Å². The number of likely N-dealkylation sites (tertiary alicyclic amines) is 1. The molecule has 0 unspecified atom stereocenters. The Labute approximate surface area is 140 Å². The van der Waals surface area contributed by atoms with Crippen molar-refractivity contribution in [1.29, 1.82) is 0 Å². The van der Waals surface area contributed by atoms with Gasteiger partial charge in [0.2, 0.25) is 17.6 Å². The summed E-state index contributed by atoms with van der Waals surface area (Å²) in [7, 11) is 1.64. The smallest absolute Gasteiger partial charge is 0.230 e. The molecule has 2 aromatic rings. The van der Waals surface area contributed by atoms with Gasteiger partial charge in [-0.25, -0.2) is 0 Å². The second-order valence-corrected chi connectivity index (χ2v) is 6.56. The van der Waals surface area contributed by atoms with Gasteiger partial charge in [0.25, 0.3) is 0 Å². The Morgan fingerprint density at radius 1 is 1.17 bits per heavy atom. The molecule has 1 aliphatic carbocycles. The molecule has 0 spiro atoms. The molecule has 2 aliphatic rings. The maximum atomic E-state index is 12.1. The van der Waals surface area contributed by atoms with Crippen LogP contribution in [0.25, 0.3) is 11.4 Å². The van der Waals surface area contributed by atoms with Crippen LogP contribution in [0.1, 0.15) is 37.5 Å². The minimum Gasteiger partial charge on any atom is -0.497 e. The minimum atomic E-state index is 0.243. The Morgan fingerprint density at radius 3 is 2.50 bits per heavy atom. The number of amides is 1. The molecular weight excluding hydrogens is 306 g/mol. The number of aromatic nitrogens is 2. The van der Waals surface area contributed by atoms with Crippen LogP contribution in [0.3, 0.4) is 0 Å². The highest BCUT2D eigenvalue weighted by atomic mass is 16.5. The van der Waals surface area contributed by atoms with Gasteiger partial charge in [-0.2, -0.15) is 4.98 Å². The largest absolute Gasteiger partial charge is 0.497 e. The number of hydrogen-bond donors (Lipinski definition) is 0. The molecule has 1 amide bonds. The molecule has 0 N–H and O–H groups in total. The van der Waals surface area contributed by atoms with E-state index in [1.165, 1.54) is 0 Å². The molecule has 2 fully saturated rings. The molecule has 1 aliphatic heterocycles. The van der Waals surface area contributed by atoms with E-state index < -0.39 is 0 Å². The number of nitrogens with zero attached hydrogens (tertiary/aromatic N) is 3. The van der Waals surface area contributed by atoms with Crippen LogP contribution >= 0.6 is 0 Å². The quantitative estimate of drug-likeness (QED) is 0.864. The van der Waals surface area contributed by atoms with E-state index in [1.54, 1.807) is 7.11 Å². The summed E-state index contributed by atoms with van der Waals surface area (Å²) in [6, 6.07) is 7.61. The average Bonchev–Trinajstić information content (AvgIpc) is 3.38. The molecule has 0 atom stereocenters. The Hall–Kier alpha value is -2.37. The molecule has 4 rings (SSSR count). The van der Waals surface area contributed by atoms with E-state index in [9.17, 15) is 4.79 Å². The maximum absolute atomic E-state index is 12.1. The molecule has 1 aromatic heterocycles. The van der Waals surface area contributed by atoms with Crippen molar-refractivity contribution in [1.82, 2.24) is 15.0 Å². The summed E-state index contributed by atoms with van der Waals surface area (Å²) in [6.45, 7) is 1.58. The summed E-state index contributed by atoms with van der Waals surface area (Å²) < 4.78 is 10.6. The number of methoxy groups -OCH3 is 1. The van der Waals surface area contributed by atoms with Crippen LogP contribution in [0.5, 0.6) is 5.75 Å². The van der Waals surface area contributed by atoms with Crippen LogP contribution in [-0.2, 0) is 4.79 Å². The zero-order valence-corrected chi connectivity index (χ0v) is 13.8. The third-order valence-electron chi connectivity index (χ3n) is 4.87. The van der Waals surface area contributed by atoms with Crippen molar-refractivity contribution in [2.24, 2.45) is 5.92 Å². The fourth-order valence-electron chi connectivity index (χ4n) is 3.19. The maximum Gasteiger partial charge on any atom is 0.230 e. The Bertz CT molecular complexity index is 713. The van der Waals surface area contributed by atoms with E-state index >= 15 is 0 Å². The van der Waals surface area contributed by atoms with Crippen LogP contribution in [-0.4, -0.2) is 41.1 Å². The third kappa shape index (κ3) is 3.00. The van der Waals surface area contributed by atoms with E-state index in [-0.39, 0.29) is 5.92 Å². The molecule has 1 saturated carbocycles. The van der Waals surface area contributed by atoms with Crippen molar-refractivity contribution < 1.29 is 14.1 Å². The summed E-state index contributed by atoms with van der Waals surface area (Å²) >= 11 is 0. The standard InChI is InChI=1S/C18H21N3O3/c1-23-15-6-4-12(5-7-15)16-19-17(24-20-16)13-8-10-21(11-9-13)18(22)14-2-3-14/h4-7,13-14H,2-3,8-11H2,1H3. The predicted molar refractivity (Wildman–Crippen MR) is 87.6 cm³/mol. The van der Waals surface area contributed by atoms with E-state index in [0.717, 1.165) is 50.1 Å². The first kappa shape index (κ1) is 15.2. The molecule has 6 nitrogen and oxygen atoms in total. The summed E-state index contributed by atoms with van der Waals surface area (Å²) in [5.41, 5.74) is 0.909. The van der Waals surface area contributed by atoms with E-state index in [4.69, 9.17) is 9.26 Å². The molecule has 2 heterocycles. The highest BCUT2D eigenvalue weighted by molar-refractivity contribution is 5.81. The first-order valence-electron chi connectivity index (χ1n) is 8.51. The Kier molecular flexibility index (Phi) is 3.96. The van der Waals surface area contributed by atoms with Crippen LogP contribution in [0, 0.1) is 5.92 Å². The van der Waals surface area contributed by atoms with Gasteiger partial charge in [-0.1, -0.05) is 5.16 Å². The lowest BCUT2D eigenvalue weighted by Gasteiger charge is -2.30. The number of ether oxygens (including phenoxy) is 1. The number of piperidine rings is 1. The van der Waals surface area contributed by atoms with Crippen molar-refractivity contribution in [3.8, 4) is 17.1 Å². The topological polar surface area (TPSA) is 68.5 Å². The summed E-state index contributed by atoms with van der Waals surface area (Å²) in [5, 5.41) is 4.10. The van der Waals surface area contributed by atoms with Gasteiger partial charge in [0.15, 0.2) is 0 Å². The molecule has 24 heavy (non-hydrogen) atoms. The average molecular weight is 327 g/mol. The lowest BCUT2D eigenvalue weighted by atomic mass is 9.96. The molecular formula is C18H21N3O3. The number of benzene rings is 1. The zero-order chi connectivity index (χ0) is 16.5. The minimum absolute atomic E-state index is 0.243. The van der Waals surface area contributed by atoms with Crippen LogP contribution in [0.4, 0.5) is 0 Å². The van der Waals surface area contributed by atoms with Gasteiger partial charge < -0.3 is 14.2 Å². The van der Waals surface area contributed by atoms with Crippen molar-refractivity contribution >= 4 is 5.91 Å². The highest BCUT2D eigenvalue weighted by Gasteiger charge is 2.35. The van der Waals surface area contributed by atoms with Crippen LogP contribution in [0.2, 0.25) is 0 Å². The van der Waals surface area contributed by atoms with Crippen molar-refractivity contribution in [2.45, 2.75) is 31.6 Å². The van der Waals surface area contributed by atoms with Gasteiger partial charge in [-0.15, -0.1) is 0 Å². The summed E-state index contributed by atoms with van der Waals surface area (Å²) in [5.74, 6) is 2.95. The monoisotopic (exact) mass is 327 g/mol. The SMILES string of the molecule is COc1ccc(-c2noc(C3CCN(C(=O)C4CC4)CC3)n2)cc1. The second kappa shape index (κ2) is 6.26. The molecule has 6 heteroatoms. The van der Waals surface area contributed by atoms with Gasteiger partial charge >= 0.3 is 0 Å². The summed E-state index contributed by atoms with van der Waals surface area (Å²) in [4.78, 5) is 18.7.